The largest absolute Gasteiger partial charge is 0.494 e. The number of carbonyl (C=O) groups excluding carboxylic acids is 2. The maximum atomic E-state index is 13.3. The van der Waals surface area contributed by atoms with Gasteiger partial charge >= 0.3 is 19.3 Å². The van der Waals surface area contributed by atoms with E-state index in [1.807, 2.05) is 174 Å². The highest BCUT2D eigenvalue weighted by Gasteiger charge is 2.52. The second-order valence-corrected chi connectivity index (χ2v) is 30.2. The normalized spacial score (nSPS) is 21.2. The van der Waals surface area contributed by atoms with Gasteiger partial charge in [-0.3, -0.25) is 14.4 Å². The second-order valence-electron chi connectivity index (χ2n) is 28.3. The highest BCUT2D eigenvalue weighted by molar-refractivity contribution is 9.10. The van der Waals surface area contributed by atoms with E-state index in [9.17, 15) is 34.2 Å². The van der Waals surface area contributed by atoms with Crippen LogP contribution in [0.15, 0.2) is 188 Å². The predicted molar refractivity (Wildman–Crippen MR) is 377 cm³/mol. The van der Waals surface area contributed by atoms with Crippen molar-refractivity contribution in [3.8, 4) is 11.1 Å². The number of aromatic nitrogens is 3. The molecule has 4 aromatic carbocycles. The van der Waals surface area contributed by atoms with E-state index in [1.165, 1.54) is 18.9 Å². The van der Waals surface area contributed by atoms with Crippen molar-refractivity contribution in [1.82, 2.24) is 23.9 Å². The van der Waals surface area contributed by atoms with Crippen molar-refractivity contribution in [2.45, 2.75) is 198 Å². The molecule has 3 aliphatic heterocycles. The molecule has 0 unspecified atom stereocenters. The number of cyclic esters (lactones) is 2. The Hall–Kier alpha value is -6.87. The van der Waals surface area contributed by atoms with Gasteiger partial charge in [0.05, 0.1) is 34.5 Å². The van der Waals surface area contributed by atoms with Gasteiger partial charge in [0.2, 0.25) is 5.56 Å². The SMILES string of the molecule is CC1CC1.C[C@@H](c1ccc(-c2ccc(=O)n(C3CC3)c2)cc1)N1CC[C@](CC(C)(C)O)(c2ccccc2)OC1=O.C[C@@H](c1ccc(B2OC(C)(C)C(C)(C)O2)cc1)N1CC[C@](CC(C)(C)O)(c2ccccc2)OC1=O.O=c1ccc(Br)c[nH]1.O=c1ccc(Br)cn1C1CC1. The average Bonchev–Trinajstić information content (AvgIpc) is 1.58. The Bertz CT molecular complexity index is 3840. The highest BCUT2D eigenvalue weighted by atomic mass is 79.9. The van der Waals surface area contributed by atoms with Gasteiger partial charge in [-0.25, -0.2) is 9.59 Å². The maximum absolute atomic E-state index is 13.3. The molecule has 3 saturated heterocycles. The van der Waals surface area contributed by atoms with Crippen LogP contribution in [0.1, 0.15) is 187 Å². The fourth-order valence-corrected chi connectivity index (χ4v) is 12.6. The van der Waals surface area contributed by atoms with Gasteiger partial charge in [0, 0.05) is 96.6 Å². The van der Waals surface area contributed by atoms with Gasteiger partial charge in [0.25, 0.3) is 11.1 Å². The second kappa shape index (κ2) is 29.6. The van der Waals surface area contributed by atoms with Gasteiger partial charge in [-0.15, -0.1) is 0 Å². The summed E-state index contributed by atoms with van der Waals surface area (Å²) in [5.74, 6) is 1.08. The third kappa shape index (κ3) is 18.8. The Morgan fingerprint density at radius 2 is 0.947 bits per heavy atom. The Kier molecular flexibility index (Phi) is 22.5. The molecule has 3 saturated carbocycles. The van der Waals surface area contributed by atoms with E-state index in [0.29, 0.717) is 50.9 Å². The summed E-state index contributed by atoms with van der Waals surface area (Å²) in [6.07, 6.45) is 13.9. The number of halogens is 2. The number of aliphatic hydroxyl groups is 2. The van der Waals surface area contributed by atoms with Crippen LogP contribution in [0.3, 0.4) is 0 Å². The standard InChI is InChI=1S/C30H34N2O4.C28H38BNO5.C8H8BrNO.C5H4BrNO.C4H8/c1-21(22-9-11-23(12-10-22)24-13-16-27(33)32(19-24)26-14-15-26)31-18-17-30(36-28(31)34,20-29(2,3)35)25-7-5-4-6-8-25;1-20(21-13-15-23(16-14-21)29-34-26(4,5)27(6,7)35-29)30-18-17-28(33-24(30)31,19-25(2,3)32)22-11-9-8-10-12-22;9-6-1-4-8(11)10(5-6)7-2-3-7;6-4-1-2-5(8)7-3-4;1-4-2-3-4/h4-13,16,19,21,26,35H,14-15,17-18,20H2,1-3H3;8-16,20,32H,17-19H2,1-7H3;1,4-5,7H,2-3H2;1-3H,(H,7,8);4H,2-3H2,1H3/t21-,30-;20-,28-;;;/m00.../s1. The van der Waals surface area contributed by atoms with E-state index in [2.05, 4.69) is 43.8 Å². The summed E-state index contributed by atoms with van der Waals surface area (Å²) in [5.41, 5.74) is 2.46. The monoisotopic (exact) mass is 1410 g/mol. The van der Waals surface area contributed by atoms with Crippen LogP contribution >= 0.6 is 31.9 Å². The van der Waals surface area contributed by atoms with Gasteiger partial charge < -0.3 is 52.9 Å². The lowest BCUT2D eigenvalue weighted by Crippen LogP contribution is -2.51. The summed E-state index contributed by atoms with van der Waals surface area (Å²) in [6, 6.07) is 46.2. The predicted octanol–water partition coefficient (Wildman–Crippen LogP) is 15.3. The van der Waals surface area contributed by atoms with E-state index in [0.717, 1.165) is 79.4 Å². The fraction of sp³-hybridized carbons (Fsp3) is 0.453. The van der Waals surface area contributed by atoms with Crippen LogP contribution in [-0.2, 0) is 30.0 Å². The number of ether oxygens (including phenoxy) is 2. The van der Waals surface area contributed by atoms with Crippen molar-refractivity contribution < 1.29 is 38.6 Å². The molecular formula is C75H92BBr2N5O11. The third-order valence-corrected chi connectivity index (χ3v) is 19.5. The zero-order chi connectivity index (χ0) is 68.0. The molecule has 19 heteroatoms. The minimum absolute atomic E-state index is 0.0475. The van der Waals surface area contributed by atoms with Crippen LogP contribution in [0.2, 0.25) is 0 Å². The number of aromatic amines is 1. The molecule has 16 nitrogen and oxygen atoms in total. The molecule has 3 aromatic heterocycles. The van der Waals surface area contributed by atoms with Crippen molar-refractivity contribution in [3.05, 3.63) is 226 Å². The molecule has 13 rings (SSSR count). The summed E-state index contributed by atoms with van der Waals surface area (Å²) in [7, 11) is -0.419. The van der Waals surface area contributed by atoms with E-state index in [1.54, 1.807) is 72.5 Å². The summed E-state index contributed by atoms with van der Waals surface area (Å²) in [4.78, 5) is 66.3. The highest BCUT2D eigenvalue weighted by Crippen LogP contribution is 2.45. The number of amides is 2. The van der Waals surface area contributed by atoms with E-state index < -0.39 is 40.7 Å². The maximum Gasteiger partial charge on any atom is 0.494 e. The van der Waals surface area contributed by atoms with Crippen LogP contribution in [0, 0.1) is 5.92 Å². The van der Waals surface area contributed by atoms with Crippen molar-refractivity contribution in [2.75, 3.05) is 13.1 Å². The molecule has 2 amide bonds. The number of pyridine rings is 3. The van der Waals surface area contributed by atoms with Crippen molar-refractivity contribution >= 4 is 56.6 Å². The minimum Gasteiger partial charge on any atom is -0.438 e. The first-order valence-electron chi connectivity index (χ1n) is 32.9. The first-order valence-corrected chi connectivity index (χ1v) is 34.5. The molecule has 3 aliphatic carbocycles. The summed E-state index contributed by atoms with van der Waals surface area (Å²) < 4.78 is 30.1. The Labute approximate surface area is 570 Å². The molecular weight excluding hydrogens is 1320 g/mol. The Morgan fingerprint density at radius 3 is 1.33 bits per heavy atom. The molecule has 7 aromatic rings. The summed E-state index contributed by atoms with van der Waals surface area (Å²) in [5, 5.41) is 21.2. The Morgan fingerprint density at radius 1 is 0.543 bits per heavy atom. The number of nitrogens with zero attached hydrogens (tertiary/aromatic N) is 4. The summed E-state index contributed by atoms with van der Waals surface area (Å²) in [6.45, 7) is 22.5. The zero-order valence-electron chi connectivity index (χ0n) is 56.2. The van der Waals surface area contributed by atoms with Crippen LogP contribution in [0.4, 0.5) is 9.59 Å². The summed E-state index contributed by atoms with van der Waals surface area (Å²) >= 11 is 6.51. The van der Waals surface area contributed by atoms with Crippen LogP contribution in [0.25, 0.3) is 11.1 Å². The van der Waals surface area contributed by atoms with E-state index >= 15 is 0 Å². The first-order chi connectivity index (χ1) is 44.3. The van der Waals surface area contributed by atoms with Gasteiger partial charge in [0.1, 0.15) is 11.2 Å². The third-order valence-electron chi connectivity index (χ3n) is 18.5. The lowest BCUT2D eigenvalue weighted by molar-refractivity contribution is -0.102. The smallest absolute Gasteiger partial charge is 0.438 e. The minimum atomic E-state index is -0.984. The lowest BCUT2D eigenvalue weighted by Gasteiger charge is -2.45. The number of benzene rings is 4. The molecule has 6 aliphatic rings. The number of H-pyrrole nitrogens is 1. The first kappa shape index (κ1) is 71.4. The van der Waals surface area contributed by atoms with Gasteiger partial charge in [0.15, 0.2) is 0 Å². The average molecular weight is 1410 g/mol. The molecule has 94 heavy (non-hydrogen) atoms. The molecule has 0 bridgehead atoms. The van der Waals surface area contributed by atoms with Gasteiger partial charge in [-0.05, 0) is 190 Å². The Balaban J connectivity index is 0.000000165. The number of hydrogen-bond acceptors (Lipinski definition) is 11. The van der Waals surface area contributed by atoms with E-state index in [-0.39, 0.29) is 40.9 Å². The zero-order valence-corrected chi connectivity index (χ0v) is 59.3. The number of hydrogen-bond donors (Lipinski definition) is 3. The fourth-order valence-electron chi connectivity index (χ4n) is 12.0. The van der Waals surface area contributed by atoms with Crippen molar-refractivity contribution in [2.24, 2.45) is 5.92 Å². The molecule has 0 radical (unpaired) electrons. The molecule has 6 heterocycles. The van der Waals surface area contributed by atoms with Gasteiger partial charge in [-0.2, -0.15) is 0 Å². The quantitative estimate of drug-likeness (QED) is 0.0877. The number of nitrogens with one attached hydrogen (secondary N) is 1. The van der Waals surface area contributed by atoms with Crippen LogP contribution < -0.4 is 22.1 Å². The van der Waals surface area contributed by atoms with Crippen LogP contribution in [-0.4, -0.2) is 88.9 Å². The topological polar surface area (TPSA) is 195 Å². The number of carbonyl (C=O) groups is 2. The molecule has 6 fully saturated rings. The molecule has 3 N–H and O–H groups in total. The molecule has 500 valence electrons. The van der Waals surface area contributed by atoms with Gasteiger partial charge in [-0.1, -0.05) is 129 Å². The molecule has 4 atom stereocenters. The van der Waals surface area contributed by atoms with Crippen LogP contribution in [0.5, 0.6) is 0 Å². The van der Waals surface area contributed by atoms with Crippen molar-refractivity contribution in [3.63, 3.8) is 0 Å². The number of rotatable bonds is 14. The van der Waals surface area contributed by atoms with Crippen molar-refractivity contribution in [1.29, 1.82) is 0 Å². The van der Waals surface area contributed by atoms with E-state index in [4.69, 9.17) is 18.8 Å². The lowest BCUT2D eigenvalue weighted by atomic mass is 9.78. The molecule has 0 spiro atoms.